The number of nitrogens with two attached hydrogens (primary N) is 1. The maximum atomic E-state index is 12.0. The first kappa shape index (κ1) is 20.4. The van der Waals surface area contributed by atoms with Crippen molar-refractivity contribution < 1.29 is 4.79 Å². The van der Waals surface area contributed by atoms with Crippen molar-refractivity contribution in [3.63, 3.8) is 0 Å². The van der Waals surface area contributed by atoms with Crippen molar-refractivity contribution in [1.29, 1.82) is 0 Å². The number of hydrogen-bond donors (Lipinski definition) is 1. The monoisotopic (exact) mass is 398 g/mol. The molecule has 1 fully saturated rings. The highest BCUT2D eigenvalue weighted by Crippen LogP contribution is 2.16. The number of anilines is 1. The zero-order valence-corrected chi connectivity index (χ0v) is 15.1. The van der Waals surface area contributed by atoms with Gasteiger partial charge in [-0.2, -0.15) is 0 Å². The molecule has 2 heterocycles. The van der Waals surface area contributed by atoms with Crippen LogP contribution in [0.5, 0.6) is 0 Å². The molecule has 0 aliphatic carbocycles. The minimum atomic E-state index is -0.364. The molecule has 8 heteroatoms. The summed E-state index contributed by atoms with van der Waals surface area (Å²) >= 11 is 3.37. The van der Waals surface area contributed by atoms with Gasteiger partial charge in [-0.3, -0.25) is 4.79 Å². The first-order valence-electron chi connectivity index (χ1n) is 6.52. The molecule has 0 spiro atoms. The second-order valence-corrected chi connectivity index (χ2v) is 5.58. The van der Waals surface area contributed by atoms with Crippen molar-refractivity contribution in [2.45, 2.75) is 19.4 Å². The van der Waals surface area contributed by atoms with Gasteiger partial charge in [-0.05, 0) is 34.5 Å². The van der Waals surface area contributed by atoms with Crippen LogP contribution in [0.2, 0.25) is 0 Å². The number of nitrogens with zero attached hydrogens (tertiary/aromatic N) is 3. The van der Waals surface area contributed by atoms with Gasteiger partial charge in [0.25, 0.3) is 0 Å². The molecule has 1 saturated heterocycles. The first-order chi connectivity index (χ1) is 9.11. The Hall–Kier alpha value is -0.560. The molecular weight excluding hydrogens is 379 g/mol. The van der Waals surface area contributed by atoms with E-state index >= 15 is 0 Å². The van der Waals surface area contributed by atoms with Gasteiger partial charge < -0.3 is 15.5 Å². The van der Waals surface area contributed by atoms with Gasteiger partial charge in [-0.15, -0.1) is 24.8 Å². The molecule has 2 rings (SSSR count). The Labute approximate surface area is 146 Å². The maximum absolute atomic E-state index is 12.0. The van der Waals surface area contributed by atoms with Gasteiger partial charge in [-0.25, -0.2) is 4.98 Å². The molecule has 0 unspecified atom stereocenters. The van der Waals surface area contributed by atoms with Crippen LogP contribution in [0.3, 0.4) is 0 Å². The van der Waals surface area contributed by atoms with Crippen LogP contribution in [0.25, 0.3) is 0 Å². The predicted octanol–water partition coefficient (Wildman–Crippen LogP) is 2.07. The van der Waals surface area contributed by atoms with Crippen molar-refractivity contribution in [1.82, 2.24) is 9.88 Å². The Morgan fingerprint density at radius 3 is 2.43 bits per heavy atom. The minimum absolute atomic E-state index is 0. The lowest BCUT2D eigenvalue weighted by molar-refractivity contribution is -0.132. The molecule has 1 aliphatic heterocycles. The van der Waals surface area contributed by atoms with Crippen LogP contribution in [-0.4, -0.2) is 48.0 Å². The Kier molecular flexibility index (Phi) is 9.20. The van der Waals surface area contributed by atoms with Crippen LogP contribution in [0.4, 0.5) is 5.82 Å². The Balaban J connectivity index is 0.00000200. The van der Waals surface area contributed by atoms with Crippen molar-refractivity contribution >= 4 is 52.5 Å². The summed E-state index contributed by atoms with van der Waals surface area (Å²) in [5.41, 5.74) is 5.79. The molecule has 1 aromatic rings. The third-order valence-electron chi connectivity index (χ3n) is 3.38. The molecule has 0 aromatic carbocycles. The predicted molar refractivity (Wildman–Crippen MR) is 93.5 cm³/mol. The van der Waals surface area contributed by atoms with E-state index in [4.69, 9.17) is 5.73 Å². The molecule has 0 bridgehead atoms. The molecule has 5 nitrogen and oxygen atoms in total. The average Bonchev–Trinajstić information content (AvgIpc) is 2.46. The fourth-order valence-electron chi connectivity index (χ4n) is 2.12. The molecule has 21 heavy (non-hydrogen) atoms. The lowest BCUT2D eigenvalue weighted by Gasteiger charge is -2.36. The van der Waals surface area contributed by atoms with Crippen molar-refractivity contribution in [2.24, 2.45) is 5.73 Å². The number of carbonyl (C=O) groups is 1. The van der Waals surface area contributed by atoms with Crippen LogP contribution in [0.15, 0.2) is 22.8 Å². The van der Waals surface area contributed by atoms with E-state index in [1.54, 1.807) is 6.20 Å². The van der Waals surface area contributed by atoms with E-state index in [-0.39, 0.29) is 36.8 Å². The van der Waals surface area contributed by atoms with E-state index in [9.17, 15) is 4.79 Å². The van der Waals surface area contributed by atoms with Crippen LogP contribution in [0.1, 0.15) is 13.3 Å². The molecule has 1 atom stereocenters. The molecule has 1 aliphatic rings. The number of pyridine rings is 1. The number of halogens is 3. The normalized spacial score (nSPS) is 15.8. The third-order valence-corrected chi connectivity index (χ3v) is 3.85. The van der Waals surface area contributed by atoms with Gasteiger partial charge in [-0.1, -0.05) is 6.92 Å². The highest BCUT2D eigenvalue weighted by molar-refractivity contribution is 9.10. The number of carbonyl (C=O) groups excluding carboxylic acids is 1. The summed E-state index contributed by atoms with van der Waals surface area (Å²) in [5.74, 6) is 1.01. The molecule has 1 aromatic heterocycles. The zero-order chi connectivity index (χ0) is 13.8. The zero-order valence-electron chi connectivity index (χ0n) is 11.9. The van der Waals surface area contributed by atoms with E-state index in [0.717, 1.165) is 23.4 Å². The standard InChI is InChI=1S/C13H19BrN4O.2ClH/c1-2-11(15)13(19)18-7-5-17(6-8-18)12-4-3-10(14)9-16-12;;/h3-4,9,11H,2,5-8,15H2,1H3;2*1H/t11-;;/m0../s1. The highest BCUT2D eigenvalue weighted by atomic mass is 79.9. The highest BCUT2D eigenvalue weighted by Gasteiger charge is 2.24. The number of rotatable bonds is 3. The van der Waals surface area contributed by atoms with Crippen LogP contribution in [-0.2, 0) is 4.79 Å². The number of aromatic nitrogens is 1. The van der Waals surface area contributed by atoms with Crippen LogP contribution >= 0.6 is 40.7 Å². The Bertz CT molecular complexity index is 438. The number of piperazine rings is 1. The van der Waals surface area contributed by atoms with Crippen LogP contribution < -0.4 is 10.6 Å². The second-order valence-electron chi connectivity index (χ2n) is 4.66. The number of hydrogen-bond acceptors (Lipinski definition) is 4. The molecular formula is C13H21BrCl2N4O. The SMILES string of the molecule is CC[C@H](N)C(=O)N1CCN(c2ccc(Br)cn2)CC1.Cl.Cl. The largest absolute Gasteiger partial charge is 0.353 e. The molecule has 0 radical (unpaired) electrons. The van der Waals surface area contributed by atoms with Gasteiger partial charge in [0, 0.05) is 36.8 Å². The van der Waals surface area contributed by atoms with E-state index in [0.29, 0.717) is 19.5 Å². The average molecular weight is 400 g/mol. The topological polar surface area (TPSA) is 62.5 Å². The van der Waals surface area contributed by atoms with E-state index in [2.05, 4.69) is 25.8 Å². The Morgan fingerprint density at radius 1 is 1.33 bits per heavy atom. The van der Waals surface area contributed by atoms with Gasteiger partial charge in [0.2, 0.25) is 5.91 Å². The summed E-state index contributed by atoms with van der Waals surface area (Å²) in [6, 6.07) is 3.60. The number of amides is 1. The summed E-state index contributed by atoms with van der Waals surface area (Å²) in [6.45, 7) is 4.97. The van der Waals surface area contributed by atoms with E-state index in [1.807, 2.05) is 24.0 Å². The van der Waals surface area contributed by atoms with Crippen molar-refractivity contribution in [3.05, 3.63) is 22.8 Å². The second kappa shape index (κ2) is 9.46. The quantitative estimate of drug-likeness (QED) is 0.844. The first-order valence-corrected chi connectivity index (χ1v) is 7.32. The minimum Gasteiger partial charge on any atom is -0.353 e. The van der Waals surface area contributed by atoms with Gasteiger partial charge >= 0.3 is 0 Å². The molecule has 120 valence electrons. The summed E-state index contributed by atoms with van der Waals surface area (Å²) in [5, 5.41) is 0. The fraction of sp³-hybridized carbons (Fsp3) is 0.538. The van der Waals surface area contributed by atoms with Gasteiger partial charge in [0.1, 0.15) is 5.82 Å². The van der Waals surface area contributed by atoms with Gasteiger partial charge in [0.15, 0.2) is 0 Å². The fourth-order valence-corrected chi connectivity index (χ4v) is 2.35. The maximum Gasteiger partial charge on any atom is 0.239 e. The van der Waals surface area contributed by atoms with Crippen LogP contribution in [0, 0.1) is 0 Å². The van der Waals surface area contributed by atoms with Crippen molar-refractivity contribution in [3.8, 4) is 0 Å². The summed E-state index contributed by atoms with van der Waals surface area (Å²) in [7, 11) is 0. The van der Waals surface area contributed by atoms with E-state index < -0.39 is 0 Å². The summed E-state index contributed by atoms with van der Waals surface area (Å²) < 4.78 is 0.971. The lowest BCUT2D eigenvalue weighted by Crippen LogP contribution is -2.53. The summed E-state index contributed by atoms with van der Waals surface area (Å²) in [6.07, 6.45) is 2.48. The lowest BCUT2D eigenvalue weighted by atomic mass is 10.2. The van der Waals surface area contributed by atoms with E-state index in [1.165, 1.54) is 0 Å². The van der Waals surface area contributed by atoms with Crippen molar-refractivity contribution in [2.75, 3.05) is 31.1 Å². The Morgan fingerprint density at radius 2 is 1.95 bits per heavy atom. The molecule has 1 amide bonds. The van der Waals surface area contributed by atoms with Gasteiger partial charge in [0.05, 0.1) is 6.04 Å². The third kappa shape index (κ3) is 5.29. The molecule has 2 N–H and O–H groups in total. The summed E-state index contributed by atoms with van der Waals surface area (Å²) in [4.78, 5) is 20.4. The molecule has 0 saturated carbocycles. The smallest absolute Gasteiger partial charge is 0.239 e.